The van der Waals surface area contributed by atoms with Gasteiger partial charge in [-0.25, -0.2) is 5.01 Å². The molecular weight excluding hydrogens is 316 g/mol. The van der Waals surface area contributed by atoms with Crippen molar-refractivity contribution < 1.29 is 14.3 Å². The Bertz CT molecular complexity index is 871. The molecular formula is C20H20N2O3. The first-order valence-electron chi connectivity index (χ1n) is 8.17. The van der Waals surface area contributed by atoms with E-state index >= 15 is 0 Å². The van der Waals surface area contributed by atoms with Gasteiger partial charge in [0.2, 0.25) is 0 Å². The van der Waals surface area contributed by atoms with Gasteiger partial charge in [0.25, 0.3) is 11.8 Å². The van der Waals surface area contributed by atoms with Crippen LogP contribution in [0.2, 0.25) is 0 Å². The molecule has 2 aromatic carbocycles. The summed E-state index contributed by atoms with van der Waals surface area (Å²) in [6.07, 6.45) is 1.57. The highest BCUT2D eigenvalue weighted by Gasteiger charge is 2.34. The molecule has 0 bridgehead atoms. The molecule has 2 aromatic rings. The molecule has 1 heterocycles. The van der Waals surface area contributed by atoms with Crippen molar-refractivity contribution in [3.8, 4) is 5.75 Å². The number of benzene rings is 2. The maximum atomic E-state index is 12.7. The van der Waals surface area contributed by atoms with Crippen molar-refractivity contribution >= 4 is 23.6 Å². The number of ether oxygens (including phenoxy) is 1. The average Bonchev–Trinajstić information content (AvgIpc) is 2.87. The van der Waals surface area contributed by atoms with Crippen LogP contribution < -0.4 is 15.2 Å². The summed E-state index contributed by atoms with van der Waals surface area (Å²) in [6, 6.07) is 12.9. The fraction of sp³-hybridized carbons (Fsp3) is 0.200. The van der Waals surface area contributed by atoms with Gasteiger partial charge in [0.15, 0.2) is 0 Å². The minimum Gasteiger partial charge on any atom is -0.493 e. The third-order valence-electron chi connectivity index (χ3n) is 4.16. The lowest BCUT2D eigenvalue weighted by molar-refractivity contribution is -0.117. The van der Waals surface area contributed by atoms with E-state index in [1.54, 1.807) is 6.08 Å². The van der Waals surface area contributed by atoms with E-state index in [9.17, 15) is 9.59 Å². The summed E-state index contributed by atoms with van der Waals surface area (Å²) >= 11 is 0. The van der Waals surface area contributed by atoms with Gasteiger partial charge in [0, 0.05) is 5.56 Å². The molecule has 5 nitrogen and oxygen atoms in total. The monoisotopic (exact) mass is 336 g/mol. The highest BCUT2D eigenvalue weighted by molar-refractivity contribution is 6.31. The van der Waals surface area contributed by atoms with Crippen LogP contribution in [0.3, 0.4) is 0 Å². The van der Waals surface area contributed by atoms with Crippen molar-refractivity contribution in [1.29, 1.82) is 0 Å². The first kappa shape index (κ1) is 16.8. The highest BCUT2D eigenvalue weighted by atomic mass is 16.5. The molecule has 1 N–H and O–H groups in total. The second-order valence-corrected chi connectivity index (χ2v) is 5.88. The van der Waals surface area contributed by atoms with Crippen molar-refractivity contribution in [2.24, 2.45) is 0 Å². The number of rotatable bonds is 4. The van der Waals surface area contributed by atoms with E-state index < -0.39 is 5.91 Å². The van der Waals surface area contributed by atoms with E-state index in [0.717, 1.165) is 11.1 Å². The normalized spacial score (nSPS) is 15.6. The molecule has 0 radical (unpaired) electrons. The molecule has 1 aliphatic heterocycles. The van der Waals surface area contributed by atoms with Crippen LogP contribution in [0.4, 0.5) is 5.69 Å². The Morgan fingerprint density at radius 2 is 1.84 bits per heavy atom. The Balaban J connectivity index is 1.95. The lowest BCUT2D eigenvalue weighted by Gasteiger charge is -2.16. The van der Waals surface area contributed by atoms with Gasteiger partial charge in [0.05, 0.1) is 12.3 Å². The summed E-state index contributed by atoms with van der Waals surface area (Å²) in [5, 5.41) is 1.28. The fourth-order valence-electron chi connectivity index (χ4n) is 2.65. The summed E-state index contributed by atoms with van der Waals surface area (Å²) in [4.78, 5) is 25.0. The van der Waals surface area contributed by atoms with Crippen LogP contribution in [0.5, 0.6) is 5.75 Å². The Hall–Kier alpha value is -3.08. The molecule has 25 heavy (non-hydrogen) atoms. The summed E-state index contributed by atoms with van der Waals surface area (Å²) in [5.74, 6) is -0.156. The third-order valence-corrected chi connectivity index (χ3v) is 4.16. The van der Waals surface area contributed by atoms with Crippen LogP contribution in [0.15, 0.2) is 48.0 Å². The number of anilines is 1. The molecule has 3 rings (SSSR count). The van der Waals surface area contributed by atoms with Crippen molar-refractivity contribution in [3.05, 3.63) is 64.7 Å². The molecule has 128 valence electrons. The Morgan fingerprint density at radius 1 is 1.08 bits per heavy atom. The quantitative estimate of drug-likeness (QED) is 0.689. The van der Waals surface area contributed by atoms with Gasteiger partial charge in [-0.1, -0.05) is 24.3 Å². The van der Waals surface area contributed by atoms with Gasteiger partial charge in [-0.15, -0.1) is 0 Å². The maximum Gasteiger partial charge on any atom is 0.282 e. The number of hydrogen-bond acceptors (Lipinski definition) is 3. The predicted molar refractivity (Wildman–Crippen MR) is 97.1 cm³/mol. The van der Waals surface area contributed by atoms with Crippen molar-refractivity contribution in [2.75, 3.05) is 11.6 Å². The molecule has 0 spiro atoms. The van der Waals surface area contributed by atoms with Gasteiger partial charge in [-0.3, -0.25) is 15.0 Å². The molecule has 0 aliphatic carbocycles. The maximum absolute atomic E-state index is 12.7. The van der Waals surface area contributed by atoms with Gasteiger partial charge >= 0.3 is 0 Å². The van der Waals surface area contributed by atoms with Crippen molar-refractivity contribution in [2.45, 2.75) is 20.8 Å². The molecule has 5 heteroatoms. The fourth-order valence-corrected chi connectivity index (χ4v) is 2.65. The van der Waals surface area contributed by atoms with Gasteiger partial charge < -0.3 is 4.74 Å². The summed E-state index contributed by atoms with van der Waals surface area (Å²) in [5.41, 5.74) is 6.24. The number of aryl methyl sites for hydroxylation is 2. The van der Waals surface area contributed by atoms with Crippen LogP contribution in [-0.2, 0) is 9.59 Å². The molecule has 1 saturated heterocycles. The standard InChI is InChI=1S/C20H20N2O3/c1-4-25-18-8-6-5-7-15(18)12-17-19(23)21-22(20(17)24)16-10-9-13(2)14(3)11-16/h5-12H,4H2,1-3H3,(H,21,23)/b17-12-. The zero-order valence-corrected chi connectivity index (χ0v) is 14.5. The second kappa shape index (κ2) is 6.81. The van der Waals surface area contributed by atoms with Crippen LogP contribution in [0.1, 0.15) is 23.6 Å². The number of hydrazine groups is 1. The number of hydrogen-bond donors (Lipinski definition) is 1. The van der Waals surface area contributed by atoms with E-state index in [4.69, 9.17) is 4.74 Å². The lowest BCUT2D eigenvalue weighted by atomic mass is 10.1. The van der Waals surface area contributed by atoms with E-state index in [1.807, 2.05) is 63.2 Å². The number of nitrogens with one attached hydrogen (secondary N) is 1. The van der Waals surface area contributed by atoms with E-state index in [2.05, 4.69) is 5.43 Å². The number of carbonyl (C=O) groups is 2. The summed E-state index contributed by atoms with van der Waals surface area (Å²) in [7, 11) is 0. The molecule has 0 unspecified atom stereocenters. The van der Waals surface area contributed by atoms with Crippen molar-refractivity contribution in [3.63, 3.8) is 0 Å². The summed E-state index contributed by atoms with van der Waals surface area (Å²) in [6.45, 7) is 6.36. The van der Waals surface area contributed by atoms with Crippen LogP contribution in [-0.4, -0.2) is 18.4 Å². The molecule has 1 aliphatic rings. The second-order valence-electron chi connectivity index (χ2n) is 5.88. The predicted octanol–water partition coefficient (Wildman–Crippen LogP) is 3.16. The van der Waals surface area contributed by atoms with E-state index in [-0.39, 0.29) is 11.5 Å². The Kier molecular flexibility index (Phi) is 4.57. The third kappa shape index (κ3) is 3.26. The Morgan fingerprint density at radius 3 is 2.56 bits per heavy atom. The van der Waals surface area contributed by atoms with Crippen LogP contribution >= 0.6 is 0 Å². The number of carbonyl (C=O) groups excluding carboxylic acids is 2. The molecule has 0 aromatic heterocycles. The lowest BCUT2D eigenvalue weighted by Crippen LogP contribution is -2.35. The van der Waals surface area contributed by atoms with Gasteiger partial charge in [-0.2, -0.15) is 0 Å². The SMILES string of the molecule is CCOc1ccccc1/C=C1/C(=O)NN(c2ccc(C)c(C)c2)C1=O. The van der Waals surface area contributed by atoms with Gasteiger partial charge in [0.1, 0.15) is 11.3 Å². The number of para-hydroxylation sites is 1. The molecule has 1 fully saturated rings. The zero-order chi connectivity index (χ0) is 18.0. The summed E-state index contributed by atoms with van der Waals surface area (Å²) < 4.78 is 5.56. The van der Waals surface area contributed by atoms with E-state index in [1.165, 1.54) is 5.01 Å². The zero-order valence-electron chi connectivity index (χ0n) is 14.5. The minimum absolute atomic E-state index is 0.0883. The minimum atomic E-state index is -0.422. The largest absolute Gasteiger partial charge is 0.493 e. The molecule has 0 atom stereocenters. The molecule has 2 amide bonds. The van der Waals surface area contributed by atoms with Crippen LogP contribution in [0.25, 0.3) is 6.08 Å². The van der Waals surface area contributed by atoms with E-state index in [0.29, 0.717) is 23.6 Å². The molecule has 0 saturated carbocycles. The van der Waals surface area contributed by atoms with Crippen molar-refractivity contribution in [1.82, 2.24) is 5.43 Å². The average molecular weight is 336 g/mol. The topological polar surface area (TPSA) is 58.6 Å². The Labute approximate surface area is 146 Å². The van der Waals surface area contributed by atoms with Gasteiger partial charge in [-0.05, 0) is 56.2 Å². The van der Waals surface area contributed by atoms with Crippen LogP contribution in [0, 0.1) is 13.8 Å². The first-order valence-corrected chi connectivity index (χ1v) is 8.17. The first-order chi connectivity index (χ1) is 12.0. The number of amides is 2. The smallest absolute Gasteiger partial charge is 0.282 e. The number of nitrogens with zero attached hydrogens (tertiary/aromatic N) is 1. The highest BCUT2D eigenvalue weighted by Crippen LogP contribution is 2.26.